The van der Waals surface area contributed by atoms with E-state index in [1.54, 1.807) is 30.3 Å². The predicted octanol–water partition coefficient (Wildman–Crippen LogP) is 0.878. The van der Waals surface area contributed by atoms with Gasteiger partial charge in [0.1, 0.15) is 0 Å². The molecule has 1 aliphatic carbocycles. The number of aliphatic hydroxyl groups excluding tert-OH is 1. The second-order valence-corrected chi connectivity index (χ2v) is 5.75. The summed E-state index contributed by atoms with van der Waals surface area (Å²) < 4.78 is 26.4. The van der Waals surface area contributed by atoms with Crippen LogP contribution in [-0.4, -0.2) is 25.7 Å². The van der Waals surface area contributed by atoms with Gasteiger partial charge in [-0.25, -0.2) is 13.1 Å². The van der Waals surface area contributed by atoms with Gasteiger partial charge in [-0.2, -0.15) is 0 Å². The van der Waals surface area contributed by atoms with E-state index in [4.69, 9.17) is 0 Å². The van der Waals surface area contributed by atoms with Crippen LogP contribution in [0.5, 0.6) is 0 Å². The number of hydrogen-bond donors (Lipinski definition) is 2. The lowest BCUT2D eigenvalue weighted by molar-refractivity contribution is 0.159. The van der Waals surface area contributed by atoms with Crippen LogP contribution in [0.15, 0.2) is 35.2 Å². The molecule has 2 atom stereocenters. The molecule has 2 N–H and O–H groups in total. The normalized spacial score (nSPS) is 25.8. The average Bonchev–Trinajstić information content (AvgIpc) is 2.65. The van der Waals surface area contributed by atoms with E-state index < -0.39 is 16.1 Å². The molecule has 0 radical (unpaired) electrons. The van der Waals surface area contributed by atoms with Gasteiger partial charge >= 0.3 is 0 Å². The molecule has 1 unspecified atom stereocenters. The lowest BCUT2D eigenvalue weighted by Gasteiger charge is -2.16. The summed E-state index contributed by atoms with van der Waals surface area (Å²) in [5.74, 6) is 0. The van der Waals surface area contributed by atoms with E-state index in [-0.39, 0.29) is 10.9 Å². The maximum absolute atomic E-state index is 11.9. The number of aliphatic hydroxyl groups is 1. The summed E-state index contributed by atoms with van der Waals surface area (Å²) in [4.78, 5) is 0.245. The molecule has 0 bridgehead atoms. The van der Waals surface area contributed by atoms with E-state index in [1.165, 1.54) is 0 Å². The number of benzene rings is 1. The monoisotopic (exact) mass is 241 g/mol. The third kappa shape index (κ3) is 2.42. The van der Waals surface area contributed by atoms with Crippen molar-refractivity contribution in [3.05, 3.63) is 30.3 Å². The quantitative estimate of drug-likeness (QED) is 0.825. The summed E-state index contributed by atoms with van der Waals surface area (Å²) in [5, 5.41) is 9.57. The summed E-state index contributed by atoms with van der Waals surface area (Å²) in [7, 11) is -3.49. The molecule has 88 valence electrons. The van der Waals surface area contributed by atoms with Crippen LogP contribution < -0.4 is 4.72 Å². The first-order chi connectivity index (χ1) is 7.59. The number of nitrogens with one attached hydrogen (secondary N) is 1. The minimum atomic E-state index is -3.49. The van der Waals surface area contributed by atoms with Crippen molar-refractivity contribution in [2.24, 2.45) is 0 Å². The second-order valence-electron chi connectivity index (χ2n) is 4.04. The average molecular weight is 241 g/mol. The zero-order valence-electron chi connectivity index (χ0n) is 8.83. The summed E-state index contributed by atoms with van der Waals surface area (Å²) in [6.45, 7) is 0. The Hall–Kier alpha value is -0.910. The smallest absolute Gasteiger partial charge is 0.240 e. The first kappa shape index (κ1) is 11.6. The predicted molar refractivity (Wildman–Crippen MR) is 60.4 cm³/mol. The fourth-order valence-corrected chi connectivity index (χ4v) is 3.27. The van der Waals surface area contributed by atoms with Gasteiger partial charge < -0.3 is 5.11 Å². The van der Waals surface area contributed by atoms with Gasteiger partial charge in [0.15, 0.2) is 0 Å². The highest BCUT2D eigenvalue weighted by atomic mass is 32.2. The molecule has 0 aliphatic heterocycles. The van der Waals surface area contributed by atoms with E-state index in [0.717, 1.165) is 6.42 Å². The van der Waals surface area contributed by atoms with Crippen LogP contribution in [-0.2, 0) is 10.0 Å². The van der Waals surface area contributed by atoms with Gasteiger partial charge in [-0.05, 0) is 31.4 Å². The number of sulfonamides is 1. The van der Waals surface area contributed by atoms with Crippen LogP contribution in [0.4, 0.5) is 0 Å². The Kier molecular flexibility index (Phi) is 3.28. The third-order valence-corrected chi connectivity index (χ3v) is 4.35. The maximum atomic E-state index is 11.9. The molecular formula is C11H15NO3S. The highest BCUT2D eigenvalue weighted by Gasteiger charge is 2.29. The van der Waals surface area contributed by atoms with Crippen molar-refractivity contribution in [1.29, 1.82) is 0 Å². The van der Waals surface area contributed by atoms with Crippen LogP contribution in [0, 0.1) is 0 Å². The molecule has 1 fully saturated rings. The highest BCUT2D eigenvalue weighted by Crippen LogP contribution is 2.21. The minimum absolute atomic E-state index is 0.245. The van der Waals surface area contributed by atoms with Gasteiger partial charge in [0.05, 0.1) is 11.0 Å². The van der Waals surface area contributed by atoms with E-state index >= 15 is 0 Å². The maximum Gasteiger partial charge on any atom is 0.240 e. The Labute approximate surface area is 95.4 Å². The Morgan fingerprint density at radius 2 is 1.88 bits per heavy atom. The van der Waals surface area contributed by atoms with Crippen molar-refractivity contribution in [2.45, 2.75) is 36.3 Å². The van der Waals surface area contributed by atoms with Crippen molar-refractivity contribution in [1.82, 2.24) is 4.72 Å². The van der Waals surface area contributed by atoms with Crippen LogP contribution in [0.25, 0.3) is 0 Å². The lowest BCUT2D eigenvalue weighted by atomic mass is 10.2. The molecule has 0 spiro atoms. The van der Waals surface area contributed by atoms with Gasteiger partial charge in [-0.3, -0.25) is 0 Å². The highest BCUT2D eigenvalue weighted by molar-refractivity contribution is 7.89. The molecular weight excluding hydrogens is 226 g/mol. The van der Waals surface area contributed by atoms with Gasteiger partial charge in [-0.1, -0.05) is 18.2 Å². The zero-order valence-corrected chi connectivity index (χ0v) is 9.65. The van der Waals surface area contributed by atoms with Crippen molar-refractivity contribution in [3.8, 4) is 0 Å². The largest absolute Gasteiger partial charge is 0.391 e. The first-order valence-corrected chi connectivity index (χ1v) is 6.83. The summed E-state index contributed by atoms with van der Waals surface area (Å²) in [6, 6.07) is 7.88. The van der Waals surface area contributed by atoms with Crippen LogP contribution in [0.3, 0.4) is 0 Å². The Balaban J connectivity index is 2.15. The van der Waals surface area contributed by atoms with Crippen LogP contribution >= 0.6 is 0 Å². The van der Waals surface area contributed by atoms with Gasteiger partial charge in [-0.15, -0.1) is 0 Å². The number of rotatable bonds is 3. The lowest BCUT2D eigenvalue weighted by Crippen LogP contribution is -2.39. The van der Waals surface area contributed by atoms with Crippen molar-refractivity contribution >= 4 is 10.0 Å². The molecule has 1 aromatic rings. The molecule has 0 saturated heterocycles. The molecule has 0 heterocycles. The summed E-state index contributed by atoms with van der Waals surface area (Å²) in [6.07, 6.45) is 1.68. The van der Waals surface area contributed by atoms with Gasteiger partial charge in [0.2, 0.25) is 10.0 Å². The molecule has 2 rings (SSSR count). The van der Waals surface area contributed by atoms with Gasteiger partial charge in [0, 0.05) is 6.04 Å². The molecule has 5 heteroatoms. The first-order valence-electron chi connectivity index (χ1n) is 5.35. The van der Waals surface area contributed by atoms with Gasteiger partial charge in [0.25, 0.3) is 0 Å². The summed E-state index contributed by atoms with van der Waals surface area (Å²) in [5.41, 5.74) is 0. The molecule has 16 heavy (non-hydrogen) atoms. The van der Waals surface area contributed by atoms with Crippen molar-refractivity contribution < 1.29 is 13.5 Å². The van der Waals surface area contributed by atoms with Crippen molar-refractivity contribution in [3.63, 3.8) is 0 Å². The van der Waals surface area contributed by atoms with E-state index in [2.05, 4.69) is 4.72 Å². The molecule has 1 aromatic carbocycles. The van der Waals surface area contributed by atoms with E-state index in [0.29, 0.717) is 12.8 Å². The Morgan fingerprint density at radius 1 is 1.19 bits per heavy atom. The molecule has 0 aromatic heterocycles. The molecule has 1 aliphatic rings. The molecule has 4 nitrogen and oxygen atoms in total. The minimum Gasteiger partial charge on any atom is -0.391 e. The second kappa shape index (κ2) is 4.53. The fourth-order valence-electron chi connectivity index (χ4n) is 1.94. The van der Waals surface area contributed by atoms with Crippen molar-refractivity contribution in [2.75, 3.05) is 0 Å². The van der Waals surface area contributed by atoms with Crippen LogP contribution in [0.2, 0.25) is 0 Å². The summed E-state index contributed by atoms with van der Waals surface area (Å²) >= 11 is 0. The SMILES string of the molecule is O=S(=O)(NC1CCC[C@H]1O)c1ccccc1. The fraction of sp³-hybridized carbons (Fsp3) is 0.455. The Bertz CT molecular complexity index is 444. The van der Waals surface area contributed by atoms with Crippen LogP contribution in [0.1, 0.15) is 19.3 Å². The van der Waals surface area contributed by atoms with E-state index in [9.17, 15) is 13.5 Å². The standard InChI is InChI=1S/C11H15NO3S/c13-11-8-4-7-10(11)12-16(14,15)9-5-2-1-3-6-9/h1-3,5-6,10-13H,4,7-8H2/t10?,11-/m1/s1. The Morgan fingerprint density at radius 3 is 2.44 bits per heavy atom. The molecule has 0 amide bonds. The number of hydrogen-bond acceptors (Lipinski definition) is 3. The third-order valence-electron chi connectivity index (χ3n) is 2.84. The molecule has 1 saturated carbocycles. The van der Waals surface area contributed by atoms with E-state index in [1.807, 2.05) is 0 Å². The zero-order chi connectivity index (χ0) is 11.6. The topological polar surface area (TPSA) is 66.4 Å².